The van der Waals surface area contributed by atoms with Crippen LogP contribution in [-0.4, -0.2) is 44.1 Å². The van der Waals surface area contributed by atoms with E-state index < -0.39 is 0 Å². The minimum absolute atomic E-state index is 0.0203. The van der Waals surface area contributed by atoms with Crippen molar-refractivity contribution in [3.63, 3.8) is 0 Å². The van der Waals surface area contributed by atoms with Gasteiger partial charge in [-0.1, -0.05) is 12.8 Å². The van der Waals surface area contributed by atoms with E-state index in [1.54, 1.807) is 7.05 Å². The molecular formula is C19H35N3O4. The number of unbranched alkanes of at least 4 members (excludes halogenated alkanes) is 6. The summed E-state index contributed by atoms with van der Waals surface area (Å²) in [6, 6.07) is 0. The van der Waals surface area contributed by atoms with Crippen LogP contribution >= 0.6 is 0 Å². The van der Waals surface area contributed by atoms with Gasteiger partial charge in [-0.05, 0) is 38.5 Å². The van der Waals surface area contributed by atoms with E-state index in [0.29, 0.717) is 51.6 Å². The van der Waals surface area contributed by atoms with Gasteiger partial charge in [-0.15, -0.1) is 0 Å². The van der Waals surface area contributed by atoms with Gasteiger partial charge in [0.15, 0.2) is 0 Å². The minimum Gasteiger partial charge on any atom is -0.359 e. The van der Waals surface area contributed by atoms with Crippen LogP contribution in [0.3, 0.4) is 0 Å². The average Bonchev–Trinajstić information content (AvgIpc) is 2.64. The summed E-state index contributed by atoms with van der Waals surface area (Å²) in [5, 5.41) is 8.31. The molecule has 0 aromatic rings. The lowest BCUT2D eigenvalue weighted by Gasteiger charge is -2.06. The molecule has 0 aliphatic carbocycles. The molecule has 0 atom stereocenters. The van der Waals surface area contributed by atoms with Crippen molar-refractivity contribution in [2.24, 2.45) is 0 Å². The van der Waals surface area contributed by atoms with Crippen LogP contribution in [0.2, 0.25) is 0 Å². The Balaban J connectivity index is 3.38. The number of rotatable bonds is 17. The molecule has 3 amide bonds. The minimum atomic E-state index is 0.0203. The molecule has 0 spiro atoms. The van der Waals surface area contributed by atoms with Crippen LogP contribution in [0.5, 0.6) is 0 Å². The van der Waals surface area contributed by atoms with Gasteiger partial charge in [-0.3, -0.25) is 14.4 Å². The molecule has 0 bridgehead atoms. The quantitative estimate of drug-likeness (QED) is 0.269. The molecule has 0 aromatic heterocycles. The highest BCUT2D eigenvalue weighted by molar-refractivity contribution is 5.77. The lowest BCUT2D eigenvalue weighted by Crippen LogP contribution is -2.25. The molecule has 0 aliphatic heterocycles. The zero-order valence-electron chi connectivity index (χ0n) is 16.1. The molecule has 0 fully saturated rings. The fourth-order valence-electron chi connectivity index (χ4n) is 2.45. The Kier molecular flexibility index (Phi) is 16.6. The van der Waals surface area contributed by atoms with Crippen molar-refractivity contribution < 1.29 is 19.2 Å². The van der Waals surface area contributed by atoms with E-state index >= 15 is 0 Å². The zero-order valence-corrected chi connectivity index (χ0v) is 16.1. The molecule has 0 heterocycles. The van der Waals surface area contributed by atoms with E-state index in [1.807, 2.05) is 0 Å². The van der Waals surface area contributed by atoms with E-state index in [2.05, 4.69) is 16.0 Å². The first-order valence-electron chi connectivity index (χ1n) is 9.77. The summed E-state index contributed by atoms with van der Waals surface area (Å²) in [7, 11) is 1.63. The van der Waals surface area contributed by atoms with Crippen molar-refractivity contribution in [3.8, 4) is 0 Å². The van der Waals surface area contributed by atoms with Gasteiger partial charge in [-0.25, -0.2) is 0 Å². The first-order valence-corrected chi connectivity index (χ1v) is 9.77. The molecule has 0 aromatic carbocycles. The van der Waals surface area contributed by atoms with Crippen LogP contribution in [0.4, 0.5) is 0 Å². The second-order valence-electron chi connectivity index (χ2n) is 6.41. The SMILES string of the molecule is CNC(=O)CCCCCNC(=O)CCCCC(=O)NCCCCCC=O. The maximum absolute atomic E-state index is 11.7. The summed E-state index contributed by atoms with van der Waals surface area (Å²) in [4.78, 5) is 44.5. The average molecular weight is 370 g/mol. The Morgan fingerprint density at radius 1 is 0.654 bits per heavy atom. The monoisotopic (exact) mass is 369 g/mol. The third-order valence-corrected chi connectivity index (χ3v) is 4.06. The largest absolute Gasteiger partial charge is 0.359 e. The first-order chi connectivity index (χ1) is 12.6. The van der Waals surface area contributed by atoms with E-state index in [1.165, 1.54) is 0 Å². The van der Waals surface area contributed by atoms with Crippen LogP contribution in [0, 0.1) is 0 Å². The maximum atomic E-state index is 11.7. The molecule has 0 aliphatic rings. The molecule has 150 valence electrons. The molecule has 0 rings (SSSR count). The number of nitrogens with one attached hydrogen (secondary N) is 3. The second kappa shape index (κ2) is 17.9. The molecular weight excluding hydrogens is 334 g/mol. The van der Waals surface area contributed by atoms with E-state index in [-0.39, 0.29) is 17.7 Å². The topological polar surface area (TPSA) is 104 Å². The predicted molar refractivity (Wildman–Crippen MR) is 102 cm³/mol. The molecule has 3 N–H and O–H groups in total. The Morgan fingerprint density at radius 2 is 1.12 bits per heavy atom. The summed E-state index contributed by atoms with van der Waals surface area (Å²) < 4.78 is 0. The Morgan fingerprint density at radius 3 is 1.62 bits per heavy atom. The van der Waals surface area contributed by atoms with Crippen molar-refractivity contribution in [1.82, 2.24) is 16.0 Å². The summed E-state index contributed by atoms with van der Waals surface area (Å²) in [5.41, 5.74) is 0. The highest BCUT2D eigenvalue weighted by atomic mass is 16.2. The first kappa shape index (κ1) is 24.1. The Bertz CT molecular complexity index is 414. The van der Waals surface area contributed by atoms with Gasteiger partial charge >= 0.3 is 0 Å². The van der Waals surface area contributed by atoms with Crippen LogP contribution in [-0.2, 0) is 19.2 Å². The number of carbonyl (C=O) groups is 4. The predicted octanol–water partition coefficient (Wildman–Crippen LogP) is 1.84. The van der Waals surface area contributed by atoms with Gasteiger partial charge in [-0.2, -0.15) is 0 Å². The molecule has 0 unspecified atom stereocenters. The molecule has 0 saturated heterocycles. The summed E-state index contributed by atoms with van der Waals surface area (Å²) in [5.74, 6) is 0.0970. The summed E-state index contributed by atoms with van der Waals surface area (Å²) in [6.07, 6.45) is 9.69. The van der Waals surface area contributed by atoms with Gasteiger partial charge in [0, 0.05) is 45.8 Å². The van der Waals surface area contributed by atoms with Crippen molar-refractivity contribution in [2.45, 2.75) is 77.0 Å². The smallest absolute Gasteiger partial charge is 0.219 e. The Hall–Kier alpha value is -1.92. The summed E-state index contributed by atoms with van der Waals surface area (Å²) >= 11 is 0. The molecule has 26 heavy (non-hydrogen) atoms. The van der Waals surface area contributed by atoms with E-state index in [9.17, 15) is 19.2 Å². The number of aldehydes is 1. The van der Waals surface area contributed by atoms with Gasteiger partial charge in [0.05, 0.1) is 0 Å². The lowest BCUT2D eigenvalue weighted by molar-refractivity contribution is -0.123. The van der Waals surface area contributed by atoms with Crippen molar-refractivity contribution in [2.75, 3.05) is 20.1 Å². The number of hydrogen-bond acceptors (Lipinski definition) is 4. The highest BCUT2D eigenvalue weighted by Crippen LogP contribution is 2.02. The standard InChI is InChI=1S/C19H35N3O4/c1-20-17(24)11-5-4-9-15-22-19(26)13-7-6-12-18(25)21-14-8-2-3-10-16-23/h16H,2-15H2,1H3,(H,20,24)(H,21,25)(H,22,26). The van der Waals surface area contributed by atoms with Gasteiger partial charge in [0.2, 0.25) is 17.7 Å². The number of hydrogen-bond donors (Lipinski definition) is 3. The fourth-order valence-corrected chi connectivity index (χ4v) is 2.45. The van der Waals surface area contributed by atoms with Crippen molar-refractivity contribution in [1.29, 1.82) is 0 Å². The van der Waals surface area contributed by atoms with E-state index in [4.69, 9.17) is 0 Å². The third-order valence-electron chi connectivity index (χ3n) is 4.06. The lowest BCUT2D eigenvalue weighted by atomic mass is 10.1. The van der Waals surface area contributed by atoms with Crippen molar-refractivity contribution >= 4 is 24.0 Å². The van der Waals surface area contributed by atoms with Gasteiger partial charge in [0.1, 0.15) is 6.29 Å². The zero-order chi connectivity index (χ0) is 19.5. The Labute approximate surface area is 157 Å². The van der Waals surface area contributed by atoms with Crippen LogP contribution < -0.4 is 16.0 Å². The third kappa shape index (κ3) is 16.9. The van der Waals surface area contributed by atoms with Gasteiger partial charge in [0.25, 0.3) is 0 Å². The van der Waals surface area contributed by atoms with Crippen LogP contribution in [0.1, 0.15) is 77.0 Å². The van der Waals surface area contributed by atoms with Crippen LogP contribution in [0.25, 0.3) is 0 Å². The summed E-state index contributed by atoms with van der Waals surface area (Å²) in [6.45, 7) is 1.29. The molecule has 0 saturated carbocycles. The maximum Gasteiger partial charge on any atom is 0.219 e. The van der Waals surface area contributed by atoms with E-state index in [0.717, 1.165) is 44.8 Å². The number of carbonyl (C=O) groups excluding carboxylic acids is 4. The molecule has 0 radical (unpaired) electrons. The van der Waals surface area contributed by atoms with Crippen molar-refractivity contribution in [3.05, 3.63) is 0 Å². The second-order valence-corrected chi connectivity index (χ2v) is 6.41. The van der Waals surface area contributed by atoms with Crippen LogP contribution in [0.15, 0.2) is 0 Å². The normalized spacial score (nSPS) is 10.2. The molecule has 7 nitrogen and oxygen atoms in total. The number of amides is 3. The molecule has 7 heteroatoms. The van der Waals surface area contributed by atoms with Gasteiger partial charge < -0.3 is 20.7 Å². The highest BCUT2D eigenvalue weighted by Gasteiger charge is 2.04. The fraction of sp³-hybridized carbons (Fsp3) is 0.789.